The second kappa shape index (κ2) is 6.00. The summed E-state index contributed by atoms with van der Waals surface area (Å²) < 4.78 is 4.86. The van der Waals surface area contributed by atoms with Crippen LogP contribution in [0.5, 0.6) is 5.75 Å². The molecule has 0 radical (unpaired) electrons. The maximum absolute atomic E-state index is 11.5. The minimum atomic E-state index is -0.945. The first-order valence-corrected chi connectivity index (χ1v) is 5.56. The molecule has 0 aliphatic heterocycles. The van der Waals surface area contributed by atoms with Gasteiger partial charge in [-0.2, -0.15) is 0 Å². The Hall–Kier alpha value is -2.11. The van der Waals surface area contributed by atoms with Crippen LogP contribution < -0.4 is 5.63 Å². The zero-order chi connectivity index (χ0) is 13.7. The molecule has 18 heavy (non-hydrogen) atoms. The van der Waals surface area contributed by atoms with Gasteiger partial charge >= 0.3 is 11.6 Å². The molecule has 0 fully saturated rings. The molecule has 0 amide bonds. The molecular formula is C12H14O6. The van der Waals surface area contributed by atoms with Crippen LogP contribution in [-0.4, -0.2) is 22.0 Å². The Morgan fingerprint density at radius 2 is 2.06 bits per heavy atom. The number of aromatic hydroxyl groups is 1. The number of carbonyl (C=O) groups is 2. The van der Waals surface area contributed by atoms with Crippen molar-refractivity contribution in [1.82, 2.24) is 0 Å². The van der Waals surface area contributed by atoms with Crippen LogP contribution in [0.3, 0.4) is 0 Å². The maximum atomic E-state index is 11.5. The summed E-state index contributed by atoms with van der Waals surface area (Å²) in [6.45, 7) is 1.57. The van der Waals surface area contributed by atoms with Crippen LogP contribution in [0.2, 0.25) is 0 Å². The van der Waals surface area contributed by atoms with Gasteiger partial charge in [0.1, 0.15) is 17.1 Å². The SMILES string of the molecule is CCC(=O)c1c(O)cc(CCCC(=O)O)oc1=O. The van der Waals surface area contributed by atoms with Crippen molar-refractivity contribution in [1.29, 1.82) is 0 Å². The van der Waals surface area contributed by atoms with Crippen molar-refractivity contribution in [2.24, 2.45) is 0 Å². The van der Waals surface area contributed by atoms with Crippen molar-refractivity contribution in [2.45, 2.75) is 32.6 Å². The Morgan fingerprint density at radius 3 is 2.56 bits per heavy atom. The number of carboxylic acid groups (broad SMARTS) is 1. The third-order valence-electron chi connectivity index (χ3n) is 2.40. The maximum Gasteiger partial charge on any atom is 0.350 e. The molecule has 0 saturated heterocycles. The van der Waals surface area contributed by atoms with Gasteiger partial charge in [-0.3, -0.25) is 9.59 Å². The number of carboxylic acids is 1. The van der Waals surface area contributed by atoms with E-state index in [1.54, 1.807) is 6.92 Å². The normalized spacial score (nSPS) is 10.3. The van der Waals surface area contributed by atoms with E-state index >= 15 is 0 Å². The monoisotopic (exact) mass is 254 g/mol. The molecule has 2 N–H and O–H groups in total. The van der Waals surface area contributed by atoms with E-state index in [2.05, 4.69) is 0 Å². The van der Waals surface area contributed by atoms with Gasteiger partial charge in [0.25, 0.3) is 0 Å². The minimum Gasteiger partial charge on any atom is -0.507 e. The van der Waals surface area contributed by atoms with Crippen molar-refractivity contribution in [3.8, 4) is 5.75 Å². The van der Waals surface area contributed by atoms with Crippen molar-refractivity contribution >= 4 is 11.8 Å². The molecule has 1 heterocycles. The lowest BCUT2D eigenvalue weighted by Gasteiger charge is -2.03. The van der Waals surface area contributed by atoms with Crippen LogP contribution in [0.1, 0.15) is 42.3 Å². The number of Topliss-reactive ketones (excluding diaryl/α,β-unsaturated/α-hetero) is 1. The number of hydrogen-bond donors (Lipinski definition) is 2. The molecular weight excluding hydrogens is 240 g/mol. The van der Waals surface area contributed by atoms with E-state index in [4.69, 9.17) is 9.52 Å². The number of aryl methyl sites for hydroxylation is 1. The number of rotatable bonds is 6. The van der Waals surface area contributed by atoms with Crippen LogP contribution >= 0.6 is 0 Å². The molecule has 0 aliphatic rings. The summed E-state index contributed by atoms with van der Waals surface area (Å²) in [6, 6.07) is 1.19. The molecule has 98 valence electrons. The van der Waals surface area contributed by atoms with E-state index in [9.17, 15) is 19.5 Å². The van der Waals surface area contributed by atoms with Crippen LogP contribution in [0, 0.1) is 0 Å². The Balaban J connectivity index is 2.90. The highest BCUT2D eigenvalue weighted by Gasteiger charge is 2.17. The number of carbonyl (C=O) groups excluding carboxylic acids is 1. The summed E-state index contributed by atoms with van der Waals surface area (Å²) in [7, 11) is 0. The van der Waals surface area contributed by atoms with Crippen LogP contribution in [-0.2, 0) is 11.2 Å². The summed E-state index contributed by atoms with van der Waals surface area (Å²) >= 11 is 0. The van der Waals surface area contributed by atoms with Gasteiger partial charge < -0.3 is 14.6 Å². The summed E-state index contributed by atoms with van der Waals surface area (Å²) in [4.78, 5) is 33.2. The van der Waals surface area contributed by atoms with Gasteiger partial charge in [0.15, 0.2) is 5.78 Å². The lowest BCUT2D eigenvalue weighted by molar-refractivity contribution is -0.137. The standard InChI is InChI=1S/C12H14O6/c1-2-8(13)11-9(14)6-7(18-12(11)17)4-3-5-10(15)16/h6,14H,2-5H2,1H3,(H,15,16). The van der Waals surface area contributed by atoms with Crippen LogP contribution in [0.4, 0.5) is 0 Å². The van der Waals surface area contributed by atoms with E-state index in [1.807, 2.05) is 0 Å². The van der Waals surface area contributed by atoms with E-state index < -0.39 is 23.1 Å². The van der Waals surface area contributed by atoms with Gasteiger partial charge in [0.2, 0.25) is 0 Å². The van der Waals surface area contributed by atoms with Gasteiger partial charge in [0, 0.05) is 25.3 Å². The first-order valence-electron chi connectivity index (χ1n) is 5.56. The summed E-state index contributed by atoms with van der Waals surface area (Å²) in [5, 5.41) is 18.0. The molecule has 0 aliphatic carbocycles. The van der Waals surface area contributed by atoms with Gasteiger partial charge in [-0.15, -0.1) is 0 Å². The number of hydrogen-bond acceptors (Lipinski definition) is 5. The Labute approximate surface area is 103 Å². The average molecular weight is 254 g/mol. The molecule has 6 nitrogen and oxygen atoms in total. The largest absolute Gasteiger partial charge is 0.507 e. The minimum absolute atomic E-state index is 0.0554. The van der Waals surface area contributed by atoms with Crippen molar-refractivity contribution < 1.29 is 24.2 Å². The quantitative estimate of drug-likeness (QED) is 0.742. The molecule has 0 bridgehead atoms. The first-order chi connectivity index (χ1) is 8.45. The number of ketones is 1. The van der Waals surface area contributed by atoms with Crippen molar-refractivity contribution in [2.75, 3.05) is 0 Å². The number of aliphatic carboxylic acids is 1. The van der Waals surface area contributed by atoms with E-state index in [-0.39, 0.29) is 30.6 Å². The fourth-order valence-corrected chi connectivity index (χ4v) is 1.50. The van der Waals surface area contributed by atoms with Crippen molar-refractivity contribution in [3.63, 3.8) is 0 Å². The molecule has 0 atom stereocenters. The highest BCUT2D eigenvalue weighted by atomic mass is 16.4. The second-order valence-corrected chi connectivity index (χ2v) is 3.78. The second-order valence-electron chi connectivity index (χ2n) is 3.78. The molecule has 0 spiro atoms. The predicted octanol–water partition coefficient (Wildman–Crippen LogP) is 1.35. The molecule has 1 rings (SSSR count). The smallest absolute Gasteiger partial charge is 0.350 e. The lowest BCUT2D eigenvalue weighted by Crippen LogP contribution is -2.14. The first kappa shape index (κ1) is 14.0. The van der Waals surface area contributed by atoms with Gasteiger partial charge in [-0.1, -0.05) is 6.92 Å². The fraction of sp³-hybridized carbons (Fsp3) is 0.417. The highest BCUT2D eigenvalue weighted by molar-refractivity contribution is 5.97. The molecule has 1 aromatic heterocycles. The lowest BCUT2D eigenvalue weighted by atomic mass is 10.1. The molecule has 0 saturated carbocycles. The fourth-order valence-electron chi connectivity index (χ4n) is 1.50. The predicted molar refractivity (Wildman–Crippen MR) is 61.8 cm³/mol. The van der Waals surface area contributed by atoms with Gasteiger partial charge in [-0.25, -0.2) is 4.79 Å². The van der Waals surface area contributed by atoms with Crippen LogP contribution in [0.25, 0.3) is 0 Å². The third kappa shape index (κ3) is 3.44. The Bertz CT molecular complexity index is 514. The van der Waals surface area contributed by atoms with E-state index in [0.717, 1.165) is 0 Å². The molecule has 6 heteroatoms. The average Bonchev–Trinajstić information content (AvgIpc) is 2.27. The Kier molecular flexibility index (Phi) is 4.65. The van der Waals surface area contributed by atoms with Gasteiger partial charge in [-0.05, 0) is 6.42 Å². The zero-order valence-corrected chi connectivity index (χ0v) is 9.93. The highest BCUT2D eigenvalue weighted by Crippen LogP contribution is 2.17. The topological polar surface area (TPSA) is 105 Å². The zero-order valence-electron chi connectivity index (χ0n) is 9.93. The molecule has 1 aromatic rings. The molecule has 0 unspecified atom stereocenters. The third-order valence-corrected chi connectivity index (χ3v) is 2.40. The van der Waals surface area contributed by atoms with Crippen LogP contribution in [0.15, 0.2) is 15.3 Å². The van der Waals surface area contributed by atoms with Crippen molar-refractivity contribution in [3.05, 3.63) is 27.8 Å². The van der Waals surface area contributed by atoms with E-state index in [1.165, 1.54) is 6.07 Å². The summed E-state index contributed by atoms with van der Waals surface area (Å²) in [6.07, 6.45) is 0.547. The Morgan fingerprint density at radius 1 is 1.39 bits per heavy atom. The molecule has 0 aromatic carbocycles. The van der Waals surface area contributed by atoms with E-state index in [0.29, 0.717) is 6.42 Å². The summed E-state index contributed by atoms with van der Waals surface area (Å²) in [5.41, 5.74) is -1.23. The summed E-state index contributed by atoms with van der Waals surface area (Å²) in [5.74, 6) is -1.67. The van der Waals surface area contributed by atoms with Gasteiger partial charge in [0.05, 0.1) is 0 Å².